The highest BCUT2D eigenvalue weighted by molar-refractivity contribution is 5.69. The van der Waals surface area contributed by atoms with E-state index in [4.69, 9.17) is 4.74 Å². The maximum Gasteiger partial charge on any atom is 0.306 e. The van der Waals surface area contributed by atoms with Crippen LogP contribution in [0, 0.1) is 11.8 Å². The Morgan fingerprint density at radius 3 is 2.86 bits per heavy atom. The van der Waals surface area contributed by atoms with E-state index in [0.717, 1.165) is 25.9 Å². The highest BCUT2D eigenvalue weighted by Gasteiger charge is 2.25. The molecule has 3 heteroatoms. The van der Waals surface area contributed by atoms with Crippen molar-refractivity contribution in [1.82, 2.24) is 5.32 Å². The van der Waals surface area contributed by atoms with E-state index in [1.165, 1.54) is 0 Å². The second-order valence-corrected chi connectivity index (χ2v) is 3.93. The quantitative estimate of drug-likeness (QED) is 0.698. The summed E-state index contributed by atoms with van der Waals surface area (Å²) in [6, 6.07) is 0. The smallest absolute Gasteiger partial charge is 0.306 e. The Morgan fingerprint density at radius 2 is 2.21 bits per heavy atom. The Kier molecular flexibility index (Phi) is 4.94. The number of nitrogens with one attached hydrogen (secondary N) is 1. The van der Waals surface area contributed by atoms with Crippen molar-refractivity contribution in [3.05, 3.63) is 0 Å². The van der Waals surface area contributed by atoms with E-state index in [2.05, 4.69) is 12.2 Å². The molecule has 0 radical (unpaired) electrons. The fourth-order valence-corrected chi connectivity index (χ4v) is 2.16. The zero-order valence-electron chi connectivity index (χ0n) is 9.21. The maximum atomic E-state index is 11.3. The molecule has 82 valence electrons. The molecule has 1 aliphatic rings. The molecule has 1 N–H and O–H groups in total. The van der Waals surface area contributed by atoms with Crippen molar-refractivity contribution in [2.75, 3.05) is 19.7 Å². The summed E-state index contributed by atoms with van der Waals surface area (Å²) in [6.45, 7) is 6.65. The van der Waals surface area contributed by atoms with Crippen LogP contribution in [0.15, 0.2) is 0 Å². The van der Waals surface area contributed by atoms with Gasteiger partial charge in [-0.25, -0.2) is 0 Å². The summed E-state index contributed by atoms with van der Waals surface area (Å²) in [5, 5.41) is 3.37. The fourth-order valence-electron chi connectivity index (χ4n) is 2.16. The van der Waals surface area contributed by atoms with Gasteiger partial charge in [0.15, 0.2) is 0 Å². The van der Waals surface area contributed by atoms with Gasteiger partial charge < -0.3 is 10.1 Å². The average Bonchev–Trinajstić information content (AvgIpc) is 2.19. The van der Waals surface area contributed by atoms with E-state index in [0.29, 0.717) is 24.9 Å². The van der Waals surface area contributed by atoms with Gasteiger partial charge in [0, 0.05) is 6.42 Å². The molecule has 0 spiro atoms. The summed E-state index contributed by atoms with van der Waals surface area (Å²) in [6.07, 6.45) is 2.86. The van der Waals surface area contributed by atoms with Gasteiger partial charge in [-0.05, 0) is 38.3 Å². The van der Waals surface area contributed by atoms with E-state index in [1.807, 2.05) is 6.92 Å². The molecule has 0 aromatic rings. The van der Waals surface area contributed by atoms with Crippen LogP contribution in [0.25, 0.3) is 0 Å². The van der Waals surface area contributed by atoms with Gasteiger partial charge in [0.05, 0.1) is 6.61 Å². The number of rotatable bonds is 4. The third-order valence-electron chi connectivity index (χ3n) is 3.02. The van der Waals surface area contributed by atoms with Crippen LogP contribution >= 0.6 is 0 Å². The zero-order valence-corrected chi connectivity index (χ0v) is 9.21. The first kappa shape index (κ1) is 11.5. The molecule has 1 rings (SSSR count). The third-order valence-corrected chi connectivity index (χ3v) is 3.02. The van der Waals surface area contributed by atoms with E-state index >= 15 is 0 Å². The highest BCUT2D eigenvalue weighted by Crippen LogP contribution is 2.25. The van der Waals surface area contributed by atoms with Crippen LogP contribution in [-0.2, 0) is 9.53 Å². The zero-order chi connectivity index (χ0) is 10.4. The minimum atomic E-state index is -0.0298. The maximum absolute atomic E-state index is 11.3. The molecule has 0 bridgehead atoms. The molecule has 1 saturated heterocycles. The summed E-state index contributed by atoms with van der Waals surface area (Å²) in [5.74, 6) is 1.14. The predicted molar refractivity (Wildman–Crippen MR) is 56.0 cm³/mol. The van der Waals surface area contributed by atoms with Gasteiger partial charge in [-0.3, -0.25) is 4.79 Å². The molecule has 1 fully saturated rings. The monoisotopic (exact) mass is 199 g/mol. The number of hydrogen-bond donors (Lipinski definition) is 1. The SMILES string of the molecule is CCOC(=O)CC1CCNC[C@H]1CC. The van der Waals surface area contributed by atoms with Crippen molar-refractivity contribution in [2.24, 2.45) is 11.8 Å². The summed E-state index contributed by atoms with van der Waals surface area (Å²) in [7, 11) is 0. The molecule has 2 atom stereocenters. The van der Waals surface area contributed by atoms with Crippen molar-refractivity contribution in [2.45, 2.75) is 33.1 Å². The standard InChI is InChI=1S/C11H21NO2/c1-3-9-8-12-6-5-10(9)7-11(13)14-4-2/h9-10,12H,3-8H2,1-2H3/t9-,10?/m1/s1. The van der Waals surface area contributed by atoms with Gasteiger partial charge in [-0.15, -0.1) is 0 Å². The first-order valence-corrected chi connectivity index (χ1v) is 5.64. The number of hydrogen-bond acceptors (Lipinski definition) is 3. The molecule has 0 aromatic heterocycles. The molecular formula is C11H21NO2. The minimum absolute atomic E-state index is 0.0298. The number of carbonyl (C=O) groups excluding carboxylic acids is 1. The van der Waals surface area contributed by atoms with Gasteiger partial charge in [0.25, 0.3) is 0 Å². The van der Waals surface area contributed by atoms with Crippen molar-refractivity contribution < 1.29 is 9.53 Å². The van der Waals surface area contributed by atoms with Gasteiger partial charge in [0.2, 0.25) is 0 Å². The van der Waals surface area contributed by atoms with Crippen LogP contribution in [0.5, 0.6) is 0 Å². The first-order valence-electron chi connectivity index (χ1n) is 5.64. The van der Waals surface area contributed by atoms with Crippen LogP contribution in [0.3, 0.4) is 0 Å². The van der Waals surface area contributed by atoms with Crippen LogP contribution in [0.1, 0.15) is 33.1 Å². The lowest BCUT2D eigenvalue weighted by atomic mass is 9.82. The van der Waals surface area contributed by atoms with E-state index in [-0.39, 0.29) is 5.97 Å². The van der Waals surface area contributed by atoms with Gasteiger partial charge in [0.1, 0.15) is 0 Å². The van der Waals surface area contributed by atoms with Crippen LogP contribution < -0.4 is 5.32 Å². The number of ether oxygens (including phenoxy) is 1. The molecule has 0 saturated carbocycles. The van der Waals surface area contributed by atoms with Crippen molar-refractivity contribution in [3.63, 3.8) is 0 Å². The lowest BCUT2D eigenvalue weighted by molar-refractivity contribution is -0.144. The molecule has 1 unspecified atom stereocenters. The second kappa shape index (κ2) is 6.02. The molecule has 0 amide bonds. The average molecular weight is 199 g/mol. The lowest BCUT2D eigenvalue weighted by Gasteiger charge is -2.30. The molecular weight excluding hydrogens is 178 g/mol. The number of carbonyl (C=O) groups is 1. The Balaban J connectivity index is 2.36. The van der Waals surface area contributed by atoms with Crippen molar-refractivity contribution in [1.29, 1.82) is 0 Å². The highest BCUT2D eigenvalue weighted by atomic mass is 16.5. The van der Waals surface area contributed by atoms with Crippen molar-refractivity contribution >= 4 is 5.97 Å². The van der Waals surface area contributed by atoms with Crippen LogP contribution in [0.2, 0.25) is 0 Å². The molecule has 14 heavy (non-hydrogen) atoms. The van der Waals surface area contributed by atoms with Crippen LogP contribution in [-0.4, -0.2) is 25.7 Å². The molecule has 1 heterocycles. The van der Waals surface area contributed by atoms with E-state index in [9.17, 15) is 4.79 Å². The Labute approximate surface area is 86.2 Å². The fraction of sp³-hybridized carbons (Fsp3) is 0.909. The molecule has 0 aliphatic carbocycles. The summed E-state index contributed by atoms with van der Waals surface area (Å²) in [4.78, 5) is 11.3. The first-order chi connectivity index (χ1) is 6.77. The predicted octanol–water partition coefficient (Wildman–Crippen LogP) is 1.58. The van der Waals surface area contributed by atoms with E-state index in [1.54, 1.807) is 0 Å². The van der Waals surface area contributed by atoms with Gasteiger partial charge in [-0.1, -0.05) is 13.3 Å². The Bertz CT molecular complexity index is 182. The number of esters is 1. The number of piperidine rings is 1. The lowest BCUT2D eigenvalue weighted by Crippen LogP contribution is -2.37. The Morgan fingerprint density at radius 1 is 1.43 bits per heavy atom. The molecule has 1 aliphatic heterocycles. The summed E-state index contributed by atoms with van der Waals surface area (Å²) >= 11 is 0. The third kappa shape index (κ3) is 3.29. The summed E-state index contributed by atoms with van der Waals surface area (Å²) in [5.41, 5.74) is 0. The second-order valence-electron chi connectivity index (χ2n) is 3.93. The van der Waals surface area contributed by atoms with E-state index < -0.39 is 0 Å². The van der Waals surface area contributed by atoms with Crippen molar-refractivity contribution in [3.8, 4) is 0 Å². The molecule has 3 nitrogen and oxygen atoms in total. The van der Waals surface area contributed by atoms with Crippen LogP contribution in [0.4, 0.5) is 0 Å². The molecule has 0 aromatic carbocycles. The normalized spacial score (nSPS) is 27.3. The minimum Gasteiger partial charge on any atom is -0.466 e. The van der Waals surface area contributed by atoms with Gasteiger partial charge in [-0.2, -0.15) is 0 Å². The summed E-state index contributed by atoms with van der Waals surface area (Å²) < 4.78 is 4.98. The largest absolute Gasteiger partial charge is 0.466 e. The van der Waals surface area contributed by atoms with Gasteiger partial charge >= 0.3 is 5.97 Å². The topological polar surface area (TPSA) is 38.3 Å². The Hall–Kier alpha value is -0.570.